The molecule has 2 heterocycles. The lowest BCUT2D eigenvalue weighted by molar-refractivity contribution is -0.163. The first-order valence-electron chi connectivity index (χ1n) is 7.82. The molecule has 0 aromatic carbocycles. The third-order valence-electron chi connectivity index (χ3n) is 4.21. The highest BCUT2D eigenvalue weighted by Crippen LogP contribution is 2.44. The van der Waals surface area contributed by atoms with Crippen molar-refractivity contribution in [2.75, 3.05) is 19.8 Å². The van der Waals surface area contributed by atoms with E-state index >= 15 is 0 Å². The second-order valence-corrected chi connectivity index (χ2v) is 5.73. The van der Waals surface area contributed by atoms with Crippen molar-refractivity contribution in [1.82, 2.24) is 0 Å². The van der Waals surface area contributed by atoms with Crippen molar-refractivity contribution in [3.63, 3.8) is 0 Å². The number of ether oxygens (including phenoxy) is 3. The van der Waals surface area contributed by atoms with Crippen LogP contribution in [-0.2, 0) is 14.2 Å². The van der Waals surface area contributed by atoms with Crippen molar-refractivity contribution < 1.29 is 19.3 Å². The van der Waals surface area contributed by atoms with Crippen LogP contribution in [0.3, 0.4) is 0 Å². The van der Waals surface area contributed by atoms with Crippen molar-refractivity contribution in [1.29, 1.82) is 0 Å². The van der Waals surface area contributed by atoms with Gasteiger partial charge in [0.15, 0.2) is 6.29 Å². The predicted octanol–water partition coefficient (Wildman–Crippen LogP) is 2.63. The summed E-state index contributed by atoms with van der Waals surface area (Å²) < 4.78 is 17.0. The van der Waals surface area contributed by atoms with Gasteiger partial charge in [0.1, 0.15) is 6.10 Å². The van der Waals surface area contributed by atoms with Crippen LogP contribution in [-0.4, -0.2) is 42.9 Å². The SMILES string of the molecule is CCCC[C@@]1(CCCOC2CCCCO2)O[C@H]1CO. The normalized spacial score (nSPS) is 34.4. The summed E-state index contributed by atoms with van der Waals surface area (Å²) in [5.74, 6) is 0. The van der Waals surface area contributed by atoms with Crippen LogP contribution in [0, 0.1) is 0 Å². The zero-order chi connectivity index (χ0) is 13.6. The maximum absolute atomic E-state index is 9.23. The predicted molar refractivity (Wildman–Crippen MR) is 73.0 cm³/mol. The van der Waals surface area contributed by atoms with E-state index in [0.29, 0.717) is 0 Å². The molecule has 4 heteroatoms. The second kappa shape index (κ2) is 7.58. The lowest BCUT2D eigenvalue weighted by atomic mass is 9.93. The van der Waals surface area contributed by atoms with Gasteiger partial charge < -0.3 is 19.3 Å². The maximum atomic E-state index is 9.23. The second-order valence-electron chi connectivity index (χ2n) is 5.73. The van der Waals surface area contributed by atoms with Crippen LogP contribution in [0.2, 0.25) is 0 Å². The van der Waals surface area contributed by atoms with Gasteiger partial charge >= 0.3 is 0 Å². The van der Waals surface area contributed by atoms with E-state index in [4.69, 9.17) is 14.2 Å². The van der Waals surface area contributed by atoms with Gasteiger partial charge in [-0.2, -0.15) is 0 Å². The molecule has 0 radical (unpaired) electrons. The van der Waals surface area contributed by atoms with Crippen LogP contribution < -0.4 is 0 Å². The van der Waals surface area contributed by atoms with E-state index < -0.39 is 0 Å². The maximum Gasteiger partial charge on any atom is 0.157 e. The van der Waals surface area contributed by atoms with E-state index in [1.54, 1.807) is 0 Å². The van der Waals surface area contributed by atoms with Gasteiger partial charge in [-0.1, -0.05) is 19.8 Å². The third kappa shape index (κ3) is 4.42. The number of rotatable bonds is 9. The average Bonchev–Trinajstić information content (AvgIpc) is 3.17. The summed E-state index contributed by atoms with van der Waals surface area (Å²) >= 11 is 0. The summed E-state index contributed by atoms with van der Waals surface area (Å²) in [6.45, 7) is 3.91. The molecule has 2 fully saturated rings. The molecule has 0 aromatic rings. The Morgan fingerprint density at radius 1 is 1.26 bits per heavy atom. The van der Waals surface area contributed by atoms with Crippen LogP contribution >= 0.6 is 0 Å². The number of aliphatic hydroxyl groups excluding tert-OH is 1. The largest absolute Gasteiger partial charge is 0.394 e. The lowest BCUT2D eigenvalue weighted by Gasteiger charge is -2.23. The average molecular weight is 272 g/mol. The standard InChI is InChI=1S/C15H28O4/c1-2-3-8-15(13(12-16)19-15)9-6-11-18-14-7-4-5-10-17-14/h13-14,16H,2-12H2,1H3/t13-,14?,15-/m0/s1. The Bertz CT molecular complexity index is 253. The minimum atomic E-state index is -0.0540. The summed E-state index contributed by atoms with van der Waals surface area (Å²) in [7, 11) is 0. The molecule has 0 amide bonds. The monoisotopic (exact) mass is 272 g/mol. The fourth-order valence-corrected chi connectivity index (χ4v) is 2.92. The van der Waals surface area contributed by atoms with Crippen molar-refractivity contribution >= 4 is 0 Å². The minimum absolute atomic E-state index is 0.00843. The van der Waals surface area contributed by atoms with Gasteiger partial charge in [0, 0.05) is 13.2 Å². The molecule has 0 aliphatic carbocycles. The summed E-state index contributed by atoms with van der Waals surface area (Å²) in [6.07, 6.45) is 8.85. The third-order valence-corrected chi connectivity index (χ3v) is 4.21. The molecule has 0 spiro atoms. The molecule has 2 aliphatic heterocycles. The molecular formula is C15H28O4. The highest BCUT2D eigenvalue weighted by atomic mass is 16.7. The van der Waals surface area contributed by atoms with E-state index in [1.807, 2.05) is 0 Å². The lowest BCUT2D eigenvalue weighted by Crippen LogP contribution is -2.24. The molecule has 19 heavy (non-hydrogen) atoms. The summed E-state index contributed by atoms with van der Waals surface area (Å²) in [6, 6.07) is 0. The molecule has 0 aromatic heterocycles. The first-order valence-corrected chi connectivity index (χ1v) is 7.82. The minimum Gasteiger partial charge on any atom is -0.394 e. The fourth-order valence-electron chi connectivity index (χ4n) is 2.92. The number of unbranched alkanes of at least 4 members (excludes halogenated alkanes) is 1. The summed E-state index contributed by atoms with van der Waals surface area (Å²) in [5, 5.41) is 9.23. The van der Waals surface area contributed by atoms with E-state index in [-0.39, 0.29) is 24.6 Å². The number of hydrogen-bond acceptors (Lipinski definition) is 4. The summed E-state index contributed by atoms with van der Waals surface area (Å²) in [5.41, 5.74) is -0.0540. The Balaban J connectivity index is 1.60. The molecule has 112 valence electrons. The van der Waals surface area contributed by atoms with Crippen LogP contribution in [0.25, 0.3) is 0 Å². The van der Waals surface area contributed by atoms with Crippen molar-refractivity contribution in [2.24, 2.45) is 0 Å². The zero-order valence-electron chi connectivity index (χ0n) is 12.1. The van der Waals surface area contributed by atoms with E-state index in [1.165, 1.54) is 19.3 Å². The Hall–Kier alpha value is -0.160. The molecule has 2 aliphatic rings. The molecule has 0 bridgehead atoms. The highest BCUT2D eigenvalue weighted by Gasteiger charge is 2.54. The van der Waals surface area contributed by atoms with Gasteiger partial charge in [0.05, 0.1) is 12.2 Å². The Labute approximate surface area is 116 Å². The highest BCUT2D eigenvalue weighted by molar-refractivity contribution is 5.01. The van der Waals surface area contributed by atoms with Gasteiger partial charge in [0.2, 0.25) is 0 Å². The first-order chi connectivity index (χ1) is 9.30. The molecule has 2 saturated heterocycles. The van der Waals surface area contributed by atoms with Gasteiger partial charge in [-0.3, -0.25) is 0 Å². The number of hydrogen-bond donors (Lipinski definition) is 1. The van der Waals surface area contributed by atoms with E-state index in [9.17, 15) is 5.11 Å². The fraction of sp³-hybridized carbons (Fsp3) is 1.00. The zero-order valence-corrected chi connectivity index (χ0v) is 12.1. The Morgan fingerprint density at radius 3 is 2.74 bits per heavy atom. The van der Waals surface area contributed by atoms with E-state index in [2.05, 4.69) is 6.92 Å². The molecule has 1 N–H and O–H groups in total. The van der Waals surface area contributed by atoms with Gasteiger partial charge in [0.25, 0.3) is 0 Å². The number of aliphatic hydroxyl groups is 1. The van der Waals surface area contributed by atoms with Crippen molar-refractivity contribution in [2.45, 2.75) is 76.3 Å². The van der Waals surface area contributed by atoms with Crippen LogP contribution in [0.1, 0.15) is 58.3 Å². The van der Waals surface area contributed by atoms with Crippen molar-refractivity contribution in [3.8, 4) is 0 Å². The van der Waals surface area contributed by atoms with Crippen LogP contribution in [0.4, 0.5) is 0 Å². The quantitative estimate of drug-likeness (QED) is 0.518. The van der Waals surface area contributed by atoms with Crippen molar-refractivity contribution in [3.05, 3.63) is 0 Å². The van der Waals surface area contributed by atoms with Crippen LogP contribution in [0.15, 0.2) is 0 Å². The van der Waals surface area contributed by atoms with Gasteiger partial charge in [-0.25, -0.2) is 0 Å². The molecule has 2 rings (SSSR count). The molecule has 3 atom stereocenters. The number of epoxide rings is 1. The Kier molecular flexibility index (Phi) is 6.07. The molecular weight excluding hydrogens is 244 g/mol. The van der Waals surface area contributed by atoms with Crippen LogP contribution in [0.5, 0.6) is 0 Å². The molecule has 1 unspecified atom stereocenters. The first kappa shape index (κ1) is 15.2. The Morgan fingerprint density at radius 2 is 2.11 bits per heavy atom. The smallest absolute Gasteiger partial charge is 0.157 e. The van der Waals surface area contributed by atoms with Gasteiger partial charge in [-0.05, 0) is 38.5 Å². The topological polar surface area (TPSA) is 51.2 Å². The van der Waals surface area contributed by atoms with E-state index in [0.717, 1.165) is 45.3 Å². The molecule has 0 saturated carbocycles. The molecule has 4 nitrogen and oxygen atoms in total. The summed E-state index contributed by atoms with van der Waals surface area (Å²) in [4.78, 5) is 0. The van der Waals surface area contributed by atoms with Gasteiger partial charge in [-0.15, -0.1) is 0 Å².